The molecule has 0 aliphatic carbocycles. The van der Waals surface area contributed by atoms with Gasteiger partial charge in [0.05, 0.1) is 4.88 Å². The monoisotopic (exact) mass is 293 g/mol. The van der Waals surface area contributed by atoms with Gasteiger partial charge in [0.25, 0.3) is 5.91 Å². The standard InChI is InChI=1S/C15H19NO3S/c1-15(2)7-9-16(10-8-15)14(19)12-5-3-11(20-12)4-6-13(17)18/h3-6H,7-10H2,1-2H3,(H,17,18). The summed E-state index contributed by atoms with van der Waals surface area (Å²) in [7, 11) is 0. The highest BCUT2D eigenvalue weighted by Gasteiger charge is 2.28. The molecule has 0 unspecified atom stereocenters. The predicted octanol–water partition coefficient (Wildman–Crippen LogP) is 3.11. The lowest BCUT2D eigenvalue weighted by atomic mass is 9.82. The van der Waals surface area contributed by atoms with Gasteiger partial charge >= 0.3 is 5.97 Å². The third-order valence-corrected chi connectivity index (χ3v) is 4.67. The minimum absolute atomic E-state index is 0.0560. The van der Waals surface area contributed by atoms with Crippen molar-refractivity contribution >= 4 is 29.3 Å². The van der Waals surface area contributed by atoms with E-state index in [1.807, 2.05) is 4.90 Å². The summed E-state index contributed by atoms with van der Waals surface area (Å²) >= 11 is 1.34. The average molecular weight is 293 g/mol. The number of hydrogen-bond acceptors (Lipinski definition) is 3. The van der Waals surface area contributed by atoms with E-state index in [1.165, 1.54) is 17.4 Å². The quantitative estimate of drug-likeness (QED) is 0.871. The number of amides is 1. The van der Waals surface area contributed by atoms with Crippen LogP contribution in [0.25, 0.3) is 6.08 Å². The highest BCUT2D eigenvalue weighted by atomic mass is 32.1. The van der Waals surface area contributed by atoms with Gasteiger partial charge in [0, 0.05) is 24.0 Å². The van der Waals surface area contributed by atoms with Gasteiger partial charge in [-0.25, -0.2) is 4.79 Å². The molecule has 0 radical (unpaired) electrons. The maximum Gasteiger partial charge on any atom is 0.328 e. The van der Waals surface area contributed by atoms with Crippen LogP contribution in [0, 0.1) is 5.41 Å². The summed E-state index contributed by atoms with van der Waals surface area (Å²) in [6.07, 6.45) is 4.65. The molecule has 1 amide bonds. The Kier molecular flexibility index (Phi) is 4.28. The van der Waals surface area contributed by atoms with Crippen molar-refractivity contribution in [3.63, 3.8) is 0 Å². The van der Waals surface area contributed by atoms with Crippen molar-refractivity contribution in [2.45, 2.75) is 26.7 Å². The molecule has 1 aliphatic heterocycles. The Hall–Kier alpha value is -1.62. The lowest BCUT2D eigenvalue weighted by Crippen LogP contribution is -2.40. The van der Waals surface area contributed by atoms with E-state index in [1.54, 1.807) is 12.1 Å². The molecule has 20 heavy (non-hydrogen) atoms. The van der Waals surface area contributed by atoms with Gasteiger partial charge in [-0.1, -0.05) is 13.8 Å². The van der Waals surface area contributed by atoms with Crippen LogP contribution in [-0.4, -0.2) is 35.0 Å². The van der Waals surface area contributed by atoms with Crippen LogP contribution in [0.3, 0.4) is 0 Å². The van der Waals surface area contributed by atoms with Crippen LogP contribution in [0.5, 0.6) is 0 Å². The van der Waals surface area contributed by atoms with E-state index in [9.17, 15) is 9.59 Å². The molecule has 1 aliphatic rings. The molecule has 0 bridgehead atoms. The predicted molar refractivity (Wildman–Crippen MR) is 79.9 cm³/mol. The first-order valence-corrected chi connectivity index (χ1v) is 7.49. The smallest absolute Gasteiger partial charge is 0.328 e. The Morgan fingerprint density at radius 3 is 2.55 bits per heavy atom. The molecule has 1 fully saturated rings. The second-order valence-electron chi connectivity index (χ2n) is 5.83. The molecule has 0 spiro atoms. The van der Waals surface area contributed by atoms with E-state index in [4.69, 9.17) is 5.11 Å². The number of carbonyl (C=O) groups is 2. The van der Waals surface area contributed by atoms with Gasteiger partial charge in [-0.15, -0.1) is 11.3 Å². The molecule has 0 saturated carbocycles. The second-order valence-corrected chi connectivity index (χ2v) is 6.95. The van der Waals surface area contributed by atoms with Crippen molar-refractivity contribution in [3.8, 4) is 0 Å². The highest BCUT2D eigenvalue weighted by Crippen LogP contribution is 2.31. The van der Waals surface area contributed by atoms with Crippen LogP contribution in [-0.2, 0) is 4.79 Å². The fourth-order valence-electron chi connectivity index (χ4n) is 2.18. The zero-order chi connectivity index (χ0) is 14.8. The van der Waals surface area contributed by atoms with Crippen LogP contribution >= 0.6 is 11.3 Å². The Labute approximate surface area is 122 Å². The van der Waals surface area contributed by atoms with E-state index < -0.39 is 5.97 Å². The Morgan fingerprint density at radius 1 is 1.30 bits per heavy atom. The SMILES string of the molecule is CC1(C)CCN(C(=O)c2ccc(C=CC(=O)O)s2)CC1. The van der Waals surface area contributed by atoms with E-state index in [2.05, 4.69) is 13.8 Å². The number of nitrogens with zero attached hydrogens (tertiary/aromatic N) is 1. The summed E-state index contributed by atoms with van der Waals surface area (Å²) in [5, 5.41) is 8.59. The number of hydrogen-bond donors (Lipinski definition) is 1. The Bertz CT molecular complexity index is 535. The van der Waals surface area contributed by atoms with E-state index in [0.29, 0.717) is 10.3 Å². The van der Waals surface area contributed by atoms with Crippen molar-refractivity contribution in [1.29, 1.82) is 0 Å². The number of carbonyl (C=O) groups excluding carboxylic acids is 1. The van der Waals surface area contributed by atoms with E-state index in [0.717, 1.165) is 36.9 Å². The number of aliphatic carboxylic acids is 1. The second kappa shape index (κ2) is 5.79. The minimum Gasteiger partial charge on any atom is -0.478 e. The molecule has 108 valence electrons. The first kappa shape index (κ1) is 14.8. The highest BCUT2D eigenvalue weighted by molar-refractivity contribution is 7.14. The maximum absolute atomic E-state index is 12.4. The van der Waals surface area contributed by atoms with Crippen LogP contribution < -0.4 is 0 Å². The van der Waals surface area contributed by atoms with Crippen molar-refractivity contribution in [2.24, 2.45) is 5.41 Å². The summed E-state index contributed by atoms with van der Waals surface area (Å²) < 4.78 is 0. The first-order valence-electron chi connectivity index (χ1n) is 6.67. The van der Waals surface area contributed by atoms with Crippen LogP contribution in [0.15, 0.2) is 18.2 Å². The lowest BCUT2D eigenvalue weighted by Gasteiger charge is -2.36. The van der Waals surface area contributed by atoms with Crippen LogP contribution in [0.2, 0.25) is 0 Å². The summed E-state index contributed by atoms with van der Waals surface area (Å²) in [5.41, 5.74) is 0.321. The molecule has 2 heterocycles. The molecule has 1 N–H and O–H groups in total. The van der Waals surface area contributed by atoms with Gasteiger partial charge in [-0.05, 0) is 36.5 Å². The topological polar surface area (TPSA) is 57.6 Å². The molecule has 5 heteroatoms. The van der Waals surface area contributed by atoms with Gasteiger partial charge in [0.1, 0.15) is 0 Å². The van der Waals surface area contributed by atoms with E-state index in [-0.39, 0.29) is 5.91 Å². The number of carboxylic acid groups (broad SMARTS) is 1. The summed E-state index contributed by atoms with van der Waals surface area (Å²) in [4.78, 5) is 26.2. The van der Waals surface area contributed by atoms with Gasteiger partial charge in [0.2, 0.25) is 0 Å². The molecule has 1 aromatic heterocycles. The van der Waals surface area contributed by atoms with Crippen molar-refractivity contribution in [1.82, 2.24) is 4.90 Å². The van der Waals surface area contributed by atoms with Gasteiger partial charge < -0.3 is 10.0 Å². The molecule has 0 atom stereocenters. The van der Waals surface area contributed by atoms with E-state index >= 15 is 0 Å². The van der Waals surface area contributed by atoms with Crippen molar-refractivity contribution in [3.05, 3.63) is 28.0 Å². The minimum atomic E-state index is -0.982. The zero-order valence-electron chi connectivity index (χ0n) is 11.8. The zero-order valence-corrected chi connectivity index (χ0v) is 12.6. The number of thiophene rings is 1. The molecule has 1 saturated heterocycles. The maximum atomic E-state index is 12.4. The Balaban J connectivity index is 2.01. The van der Waals surface area contributed by atoms with Crippen LogP contribution in [0.4, 0.5) is 0 Å². The Morgan fingerprint density at radius 2 is 1.95 bits per heavy atom. The third kappa shape index (κ3) is 3.70. The van der Waals surface area contributed by atoms with Gasteiger partial charge in [-0.2, -0.15) is 0 Å². The molecule has 4 nitrogen and oxygen atoms in total. The van der Waals surface area contributed by atoms with Crippen molar-refractivity contribution in [2.75, 3.05) is 13.1 Å². The largest absolute Gasteiger partial charge is 0.478 e. The summed E-state index contributed by atoms with van der Waals surface area (Å²) in [5.74, 6) is -0.926. The first-order chi connectivity index (χ1) is 9.37. The van der Waals surface area contributed by atoms with Crippen LogP contribution in [0.1, 0.15) is 41.2 Å². The normalized spacial score (nSPS) is 18.4. The summed E-state index contributed by atoms with van der Waals surface area (Å²) in [6, 6.07) is 3.56. The van der Waals surface area contributed by atoms with Gasteiger partial charge in [0.15, 0.2) is 0 Å². The number of rotatable bonds is 3. The number of carboxylic acids is 1. The van der Waals surface area contributed by atoms with Crippen molar-refractivity contribution < 1.29 is 14.7 Å². The fraction of sp³-hybridized carbons (Fsp3) is 0.467. The van der Waals surface area contributed by atoms with Gasteiger partial charge in [-0.3, -0.25) is 4.79 Å². The lowest BCUT2D eigenvalue weighted by molar-refractivity contribution is -0.131. The average Bonchev–Trinajstić information content (AvgIpc) is 2.84. The molecule has 0 aromatic carbocycles. The summed E-state index contributed by atoms with van der Waals surface area (Å²) in [6.45, 7) is 6.05. The third-order valence-electron chi connectivity index (χ3n) is 3.63. The number of piperidine rings is 1. The fourth-order valence-corrected chi connectivity index (χ4v) is 3.06. The molecule has 1 aromatic rings. The molecule has 2 rings (SSSR count). The molecular weight excluding hydrogens is 274 g/mol. The number of likely N-dealkylation sites (tertiary alicyclic amines) is 1. The molecular formula is C15H19NO3S.